The zero-order valence-corrected chi connectivity index (χ0v) is 10.1. The Morgan fingerprint density at radius 1 is 1.60 bits per heavy atom. The maximum Gasteiger partial charge on any atom is 0.321 e. The molecule has 1 rings (SSSR count). The molecule has 0 aliphatic rings. The van der Waals surface area contributed by atoms with Gasteiger partial charge in [-0.2, -0.15) is 0 Å². The fourth-order valence-corrected chi connectivity index (χ4v) is 1.31. The number of urea groups is 1. The van der Waals surface area contributed by atoms with E-state index in [0.717, 1.165) is 4.47 Å². The lowest BCUT2D eigenvalue weighted by Crippen LogP contribution is -2.31. The predicted molar refractivity (Wildman–Crippen MR) is 61.4 cm³/mol. The highest BCUT2D eigenvalue weighted by atomic mass is 79.9. The highest BCUT2D eigenvalue weighted by molar-refractivity contribution is 9.10. The van der Waals surface area contributed by atoms with E-state index in [1.165, 1.54) is 17.0 Å². The zero-order valence-electron chi connectivity index (χ0n) is 8.55. The Labute approximate surface area is 96.4 Å². The van der Waals surface area contributed by atoms with Crippen LogP contribution >= 0.6 is 15.9 Å². The topological polar surface area (TPSA) is 32.3 Å². The van der Waals surface area contributed by atoms with E-state index in [4.69, 9.17) is 0 Å². The van der Waals surface area contributed by atoms with Crippen molar-refractivity contribution < 1.29 is 9.18 Å². The van der Waals surface area contributed by atoms with Crippen LogP contribution in [0.15, 0.2) is 22.7 Å². The molecule has 1 aromatic rings. The van der Waals surface area contributed by atoms with Crippen LogP contribution in [0.4, 0.5) is 14.9 Å². The first-order chi connectivity index (χ1) is 7.04. The van der Waals surface area contributed by atoms with Gasteiger partial charge in [0.1, 0.15) is 5.82 Å². The summed E-state index contributed by atoms with van der Waals surface area (Å²) in [5.74, 6) is -0.448. The van der Waals surface area contributed by atoms with Crippen molar-refractivity contribution in [3.63, 3.8) is 0 Å². The van der Waals surface area contributed by atoms with E-state index >= 15 is 0 Å². The summed E-state index contributed by atoms with van der Waals surface area (Å²) in [5.41, 5.74) is 0.176. The Kier molecular flexibility index (Phi) is 4.08. The second-order valence-corrected chi connectivity index (χ2v) is 3.98. The monoisotopic (exact) mass is 274 g/mol. The van der Waals surface area contributed by atoms with Crippen molar-refractivity contribution in [3.05, 3.63) is 28.5 Å². The van der Waals surface area contributed by atoms with Crippen molar-refractivity contribution in [2.45, 2.75) is 6.92 Å². The van der Waals surface area contributed by atoms with Crippen LogP contribution in [0.5, 0.6) is 0 Å². The lowest BCUT2D eigenvalue weighted by molar-refractivity contribution is 0.224. The summed E-state index contributed by atoms with van der Waals surface area (Å²) in [7, 11) is 1.64. The van der Waals surface area contributed by atoms with E-state index in [1.54, 1.807) is 13.1 Å². The number of carbonyl (C=O) groups is 1. The summed E-state index contributed by atoms with van der Waals surface area (Å²) in [6, 6.07) is 4.08. The Hall–Kier alpha value is -1.10. The van der Waals surface area contributed by atoms with Gasteiger partial charge in [0.15, 0.2) is 0 Å². The fourth-order valence-electron chi connectivity index (χ4n) is 0.948. The minimum absolute atomic E-state index is 0.176. The fraction of sp³-hybridized carbons (Fsp3) is 0.300. The number of amides is 2. The summed E-state index contributed by atoms with van der Waals surface area (Å²) in [6.45, 7) is 2.41. The predicted octanol–water partition coefficient (Wildman–Crippen LogP) is 3.07. The standard InChI is InChI=1S/C10H12BrFN2O/c1-3-14(2)10(15)13-9-6-7(11)4-5-8(9)12/h4-6H,3H2,1-2H3,(H,13,15). The molecular weight excluding hydrogens is 263 g/mol. The molecule has 15 heavy (non-hydrogen) atoms. The highest BCUT2D eigenvalue weighted by Crippen LogP contribution is 2.20. The molecule has 5 heteroatoms. The first kappa shape index (κ1) is 12.0. The highest BCUT2D eigenvalue weighted by Gasteiger charge is 2.09. The molecule has 0 aliphatic carbocycles. The summed E-state index contributed by atoms with van der Waals surface area (Å²) >= 11 is 3.21. The number of benzene rings is 1. The number of anilines is 1. The number of hydrogen-bond acceptors (Lipinski definition) is 1. The second kappa shape index (κ2) is 5.11. The molecule has 0 bridgehead atoms. The molecule has 82 valence electrons. The maximum atomic E-state index is 13.2. The molecule has 0 saturated carbocycles. The molecule has 3 nitrogen and oxygen atoms in total. The lowest BCUT2D eigenvalue weighted by atomic mass is 10.3. The third kappa shape index (κ3) is 3.20. The SMILES string of the molecule is CCN(C)C(=O)Nc1cc(Br)ccc1F. The zero-order chi connectivity index (χ0) is 11.4. The van der Waals surface area contributed by atoms with Crippen LogP contribution in [0.1, 0.15) is 6.92 Å². The van der Waals surface area contributed by atoms with Gasteiger partial charge in [-0.05, 0) is 25.1 Å². The number of carbonyl (C=O) groups excluding carboxylic acids is 1. The van der Waals surface area contributed by atoms with Crippen molar-refractivity contribution in [1.82, 2.24) is 4.90 Å². The Morgan fingerprint density at radius 2 is 2.27 bits per heavy atom. The quantitative estimate of drug-likeness (QED) is 0.883. The molecule has 0 radical (unpaired) electrons. The van der Waals surface area contributed by atoms with E-state index in [9.17, 15) is 9.18 Å². The molecule has 0 aromatic heterocycles. The molecule has 0 atom stereocenters. The van der Waals surface area contributed by atoms with Gasteiger partial charge in [-0.1, -0.05) is 15.9 Å². The average molecular weight is 275 g/mol. The molecule has 0 aliphatic heterocycles. The van der Waals surface area contributed by atoms with E-state index in [1.807, 2.05) is 6.92 Å². The molecule has 2 amide bonds. The van der Waals surface area contributed by atoms with Crippen molar-refractivity contribution >= 4 is 27.6 Å². The Morgan fingerprint density at radius 3 is 2.87 bits per heavy atom. The Balaban J connectivity index is 2.80. The molecule has 1 aromatic carbocycles. The van der Waals surface area contributed by atoms with Crippen LogP contribution in [0.3, 0.4) is 0 Å². The van der Waals surface area contributed by atoms with Gasteiger partial charge in [0, 0.05) is 18.1 Å². The van der Waals surface area contributed by atoms with E-state index in [-0.39, 0.29) is 11.7 Å². The Bertz CT molecular complexity index is 370. The van der Waals surface area contributed by atoms with Crippen LogP contribution in [0.25, 0.3) is 0 Å². The van der Waals surface area contributed by atoms with Gasteiger partial charge in [-0.15, -0.1) is 0 Å². The van der Waals surface area contributed by atoms with Crippen LogP contribution in [0.2, 0.25) is 0 Å². The first-order valence-electron chi connectivity index (χ1n) is 4.51. The summed E-state index contributed by atoms with van der Waals surface area (Å²) in [6.07, 6.45) is 0. The average Bonchev–Trinajstić information content (AvgIpc) is 2.22. The minimum atomic E-state index is -0.448. The maximum absolute atomic E-state index is 13.2. The molecule has 0 heterocycles. The largest absolute Gasteiger partial charge is 0.328 e. The van der Waals surface area contributed by atoms with Gasteiger partial charge in [0.25, 0.3) is 0 Å². The molecule has 0 saturated heterocycles. The third-order valence-corrected chi connectivity index (χ3v) is 2.48. The summed E-state index contributed by atoms with van der Waals surface area (Å²) in [4.78, 5) is 12.9. The van der Waals surface area contributed by atoms with Crippen molar-refractivity contribution in [3.8, 4) is 0 Å². The lowest BCUT2D eigenvalue weighted by Gasteiger charge is -2.15. The van der Waals surface area contributed by atoms with Crippen LogP contribution in [-0.4, -0.2) is 24.5 Å². The van der Waals surface area contributed by atoms with E-state index in [0.29, 0.717) is 6.54 Å². The van der Waals surface area contributed by atoms with Crippen molar-refractivity contribution in [1.29, 1.82) is 0 Å². The molecule has 1 N–H and O–H groups in total. The van der Waals surface area contributed by atoms with Crippen molar-refractivity contribution in [2.24, 2.45) is 0 Å². The van der Waals surface area contributed by atoms with Crippen molar-refractivity contribution in [2.75, 3.05) is 18.9 Å². The normalized spacial score (nSPS) is 9.87. The van der Waals surface area contributed by atoms with Crippen LogP contribution in [-0.2, 0) is 0 Å². The van der Waals surface area contributed by atoms with Gasteiger partial charge >= 0.3 is 6.03 Å². The summed E-state index contributed by atoms with van der Waals surface area (Å²) < 4.78 is 14.0. The second-order valence-electron chi connectivity index (χ2n) is 3.07. The van der Waals surface area contributed by atoms with E-state index < -0.39 is 5.82 Å². The number of hydrogen-bond donors (Lipinski definition) is 1. The van der Waals surface area contributed by atoms with Gasteiger partial charge in [0.2, 0.25) is 0 Å². The number of nitrogens with zero attached hydrogens (tertiary/aromatic N) is 1. The van der Waals surface area contributed by atoms with Gasteiger partial charge < -0.3 is 10.2 Å². The molecule has 0 spiro atoms. The molecular formula is C10H12BrFN2O. The number of nitrogens with one attached hydrogen (secondary N) is 1. The minimum Gasteiger partial charge on any atom is -0.328 e. The smallest absolute Gasteiger partial charge is 0.321 e. The van der Waals surface area contributed by atoms with Crippen LogP contribution in [0, 0.1) is 5.82 Å². The van der Waals surface area contributed by atoms with Gasteiger partial charge in [-0.25, -0.2) is 9.18 Å². The third-order valence-electron chi connectivity index (χ3n) is 1.99. The first-order valence-corrected chi connectivity index (χ1v) is 5.31. The van der Waals surface area contributed by atoms with Gasteiger partial charge in [-0.3, -0.25) is 0 Å². The number of rotatable bonds is 2. The van der Waals surface area contributed by atoms with E-state index in [2.05, 4.69) is 21.2 Å². The van der Waals surface area contributed by atoms with Gasteiger partial charge in [0.05, 0.1) is 5.69 Å². The summed E-state index contributed by atoms with van der Waals surface area (Å²) in [5, 5.41) is 2.48. The molecule has 0 unspecified atom stereocenters. The molecule has 0 fully saturated rings. The number of halogens is 2. The van der Waals surface area contributed by atoms with Crippen LogP contribution < -0.4 is 5.32 Å².